The van der Waals surface area contributed by atoms with Crippen molar-refractivity contribution in [2.45, 2.75) is 13.8 Å². The van der Waals surface area contributed by atoms with E-state index in [0.29, 0.717) is 12.3 Å². The number of sulfone groups is 1. The Morgan fingerprint density at radius 1 is 1.43 bits per heavy atom. The molecule has 0 saturated carbocycles. The molecule has 14 heavy (non-hydrogen) atoms. The Hall–Kier alpha value is 0.0600. The minimum Gasteiger partial charge on any atom is -0.330 e. The molecule has 0 amide bonds. The van der Waals surface area contributed by atoms with Gasteiger partial charge in [0.15, 0.2) is 9.84 Å². The summed E-state index contributed by atoms with van der Waals surface area (Å²) in [4.78, 5) is 0. The van der Waals surface area contributed by atoms with E-state index in [-0.39, 0.29) is 23.2 Å². The third-order valence-corrected chi connectivity index (χ3v) is 5.50. The van der Waals surface area contributed by atoms with Gasteiger partial charge in [-0.3, -0.25) is 4.21 Å². The number of hydrogen-bond acceptors (Lipinski definition) is 4. The second-order valence-corrected chi connectivity index (χ2v) is 7.48. The summed E-state index contributed by atoms with van der Waals surface area (Å²) in [5, 5.41) is 0. The van der Waals surface area contributed by atoms with E-state index in [1.807, 2.05) is 6.92 Å². The minimum absolute atomic E-state index is 0.0212. The fraction of sp³-hybridized carbons (Fsp3) is 1.00. The van der Waals surface area contributed by atoms with E-state index in [4.69, 9.17) is 5.73 Å². The van der Waals surface area contributed by atoms with Gasteiger partial charge in [0.2, 0.25) is 0 Å². The maximum atomic E-state index is 11.4. The smallest absolute Gasteiger partial charge is 0.150 e. The second kappa shape index (κ2) is 6.53. The largest absolute Gasteiger partial charge is 0.330 e. The molecule has 0 heterocycles. The Labute approximate surface area is 88.6 Å². The van der Waals surface area contributed by atoms with Crippen molar-refractivity contribution in [2.24, 2.45) is 11.7 Å². The first-order valence-corrected chi connectivity index (χ1v) is 7.97. The highest BCUT2D eigenvalue weighted by atomic mass is 32.2. The van der Waals surface area contributed by atoms with Crippen LogP contribution in [0.3, 0.4) is 0 Å². The van der Waals surface area contributed by atoms with Crippen molar-refractivity contribution in [2.75, 3.05) is 29.6 Å². The first-order chi connectivity index (χ1) is 6.41. The monoisotopic (exact) mass is 241 g/mol. The maximum absolute atomic E-state index is 11.4. The van der Waals surface area contributed by atoms with E-state index in [0.717, 1.165) is 0 Å². The van der Waals surface area contributed by atoms with Crippen molar-refractivity contribution in [1.29, 1.82) is 0 Å². The van der Waals surface area contributed by atoms with Crippen LogP contribution in [0.2, 0.25) is 0 Å². The third-order valence-electron chi connectivity index (χ3n) is 1.93. The van der Waals surface area contributed by atoms with E-state index >= 15 is 0 Å². The van der Waals surface area contributed by atoms with Crippen LogP contribution in [0.4, 0.5) is 0 Å². The normalized spacial score (nSPS) is 16.5. The molecule has 2 N–H and O–H groups in total. The van der Waals surface area contributed by atoms with Gasteiger partial charge in [0.25, 0.3) is 0 Å². The molecule has 0 aliphatic heterocycles. The van der Waals surface area contributed by atoms with Crippen LogP contribution >= 0.6 is 0 Å². The fourth-order valence-electron chi connectivity index (χ4n) is 0.833. The minimum atomic E-state index is -2.98. The average Bonchev–Trinajstić information content (AvgIpc) is 2.15. The summed E-state index contributed by atoms with van der Waals surface area (Å²) in [6, 6.07) is 0. The lowest BCUT2D eigenvalue weighted by atomic mass is 10.2. The number of nitrogens with two attached hydrogens (primary N) is 1. The lowest BCUT2D eigenvalue weighted by molar-refractivity contribution is 0.597. The van der Waals surface area contributed by atoms with Gasteiger partial charge in [0, 0.05) is 28.1 Å². The number of rotatable bonds is 7. The first-order valence-electron chi connectivity index (χ1n) is 4.66. The van der Waals surface area contributed by atoms with Gasteiger partial charge in [-0.15, -0.1) is 0 Å². The topological polar surface area (TPSA) is 77.2 Å². The second-order valence-electron chi connectivity index (χ2n) is 3.39. The Morgan fingerprint density at radius 3 is 2.43 bits per heavy atom. The molecule has 2 unspecified atom stereocenters. The summed E-state index contributed by atoms with van der Waals surface area (Å²) >= 11 is 0. The van der Waals surface area contributed by atoms with Crippen LogP contribution in [0.1, 0.15) is 13.8 Å². The van der Waals surface area contributed by atoms with Gasteiger partial charge in [-0.1, -0.05) is 13.8 Å². The van der Waals surface area contributed by atoms with E-state index < -0.39 is 20.6 Å². The molecule has 0 bridgehead atoms. The zero-order valence-corrected chi connectivity index (χ0v) is 10.4. The summed E-state index contributed by atoms with van der Waals surface area (Å²) < 4.78 is 33.6. The summed E-state index contributed by atoms with van der Waals surface area (Å²) in [6.45, 7) is 4.00. The van der Waals surface area contributed by atoms with Gasteiger partial charge in [0.1, 0.15) is 0 Å². The zero-order chi connectivity index (χ0) is 11.2. The standard InChI is InChI=1S/C8H19NO3S2/c1-3-14(11,12)5-4-13(10)7-8(2)6-9/h8H,3-7,9H2,1-2H3. The van der Waals surface area contributed by atoms with E-state index in [1.54, 1.807) is 6.92 Å². The maximum Gasteiger partial charge on any atom is 0.150 e. The van der Waals surface area contributed by atoms with Gasteiger partial charge in [-0.25, -0.2) is 8.42 Å². The quantitative estimate of drug-likeness (QED) is 0.667. The molecule has 0 aromatic heterocycles. The van der Waals surface area contributed by atoms with Crippen molar-refractivity contribution in [3.05, 3.63) is 0 Å². The fourth-order valence-corrected chi connectivity index (χ4v) is 3.82. The Bertz CT molecular complexity index is 274. The van der Waals surface area contributed by atoms with Crippen LogP contribution in [-0.4, -0.2) is 42.2 Å². The van der Waals surface area contributed by atoms with E-state index in [1.165, 1.54) is 0 Å². The van der Waals surface area contributed by atoms with Crippen molar-refractivity contribution in [1.82, 2.24) is 0 Å². The van der Waals surface area contributed by atoms with Gasteiger partial charge < -0.3 is 5.73 Å². The predicted molar refractivity (Wildman–Crippen MR) is 60.4 cm³/mol. The van der Waals surface area contributed by atoms with Crippen LogP contribution < -0.4 is 5.73 Å². The summed E-state index contributed by atoms with van der Waals surface area (Å²) in [5.74, 6) is 1.07. The molecule has 4 nitrogen and oxygen atoms in total. The molecule has 0 aliphatic carbocycles. The van der Waals surface area contributed by atoms with Crippen molar-refractivity contribution < 1.29 is 12.6 Å². The molecule has 0 rings (SSSR count). The summed E-state index contributed by atoms with van der Waals surface area (Å²) in [6.07, 6.45) is 0. The highest BCUT2D eigenvalue weighted by Crippen LogP contribution is 1.98. The van der Waals surface area contributed by atoms with Crippen LogP contribution in [-0.2, 0) is 20.6 Å². The molecule has 6 heteroatoms. The molecule has 0 saturated heterocycles. The van der Waals surface area contributed by atoms with Gasteiger partial charge >= 0.3 is 0 Å². The molecular formula is C8H19NO3S2. The van der Waals surface area contributed by atoms with E-state index in [2.05, 4.69) is 0 Å². The molecule has 0 aromatic carbocycles. The van der Waals surface area contributed by atoms with Crippen molar-refractivity contribution in [3.63, 3.8) is 0 Å². The molecular weight excluding hydrogens is 222 g/mol. The molecule has 0 spiro atoms. The predicted octanol–water partition coefficient (Wildman–Crippen LogP) is -0.235. The van der Waals surface area contributed by atoms with Gasteiger partial charge in [-0.2, -0.15) is 0 Å². The molecule has 0 radical (unpaired) electrons. The zero-order valence-electron chi connectivity index (χ0n) is 8.73. The van der Waals surface area contributed by atoms with Crippen LogP contribution in [0.25, 0.3) is 0 Å². The van der Waals surface area contributed by atoms with Gasteiger partial charge in [-0.05, 0) is 12.5 Å². The lowest BCUT2D eigenvalue weighted by Gasteiger charge is -2.07. The SMILES string of the molecule is CCS(=O)(=O)CCS(=O)CC(C)CN. The number of hydrogen-bond donors (Lipinski definition) is 1. The summed E-state index contributed by atoms with van der Waals surface area (Å²) in [5.41, 5.74) is 5.38. The highest BCUT2D eigenvalue weighted by molar-refractivity contribution is 7.93. The molecule has 86 valence electrons. The van der Waals surface area contributed by atoms with Crippen LogP contribution in [0.15, 0.2) is 0 Å². The van der Waals surface area contributed by atoms with Crippen molar-refractivity contribution >= 4 is 20.6 Å². The Balaban J connectivity index is 3.86. The summed E-state index contributed by atoms with van der Waals surface area (Å²) in [7, 11) is -4.04. The van der Waals surface area contributed by atoms with Crippen molar-refractivity contribution in [3.8, 4) is 0 Å². The third kappa shape index (κ3) is 6.50. The Kier molecular flexibility index (Phi) is 6.55. The molecule has 2 atom stereocenters. The lowest BCUT2D eigenvalue weighted by Crippen LogP contribution is -2.22. The van der Waals surface area contributed by atoms with Crippen LogP contribution in [0.5, 0.6) is 0 Å². The van der Waals surface area contributed by atoms with Crippen LogP contribution in [0, 0.1) is 5.92 Å². The molecule has 0 aliphatic rings. The molecule has 0 aromatic rings. The first kappa shape index (κ1) is 14.1. The van der Waals surface area contributed by atoms with Gasteiger partial charge in [0.05, 0.1) is 5.75 Å². The molecule has 0 fully saturated rings. The average molecular weight is 241 g/mol. The highest BCUT2D eigenvalue weighted by Gasteiger charge is 2.11. The Morgan fingerprint density at radius 2 is 2.00 bits per heavy atom. The van der Waals surface area contributed by atoms with E-state index in [9.17, 15) is 12.6 Å².